The molecule has 70 valence electrons. The van der Waals surface area contributed by atoms with Gasteiger partial charge in [0.1, 0.15) is 6.61 Å². The summed E-state index contributed by atoms with van der Waals surface area (Å²) in [6.07, 6.45) is 0. The number of rotatable bonds is 0. The van der Waals surface area contributed by atoms with Crippen LogP contribution in [0.15, 0.2) is 22.7 Å². The fourth-order valence-electron chi connectivity index (χ4n) is 1.18. The first-order valence-corrected chi connectivity index (χ1v) is 4.06. The summed E-state index contributed by atoms with van der Waals surface area (Å²) in [6, 6.07) is 5.32. The van der Waals surface area contributed by atoms with Crippen LogP contribution in [0.3, 0.4) is 0 Å². The molecule has 0 unspecified atom stereocenters. The molecular weight excluding hydrogens is 180 g/mol. The minimum absolute atomic E-state index is 0.156. The molecule has 3 N–H and O–H groups in total. The van der Waals surface area contributed by atoms with E-state index in [4.69, 9.17) is 15.4 Å². The Hall–Kier alpha value is -1.99. The van der Waals surface area contributed by atoms with Gasteiger partial charge < -0.3 is 15.4 Å². The zero-order chi connectivity index (χ0) is 9.97. The number of aliphatic hydroxyl groups excluding tert-OH is 1. The lowest BCUT2D eigenvalue weighted by Gasteiger charge is -1.89. The smallest absolute Gasteiger partial charge is 0.174 e. The van der Waals surface area contributed by atoms with Gasteiger partial charge in [-0.1, -0.05) is 17.0 Å². The first-order valence-electron chi connectivity index (χ1n) is 4.06. The van der Waals surface area contributed by atoms with Gasteiger partial charge in [0, 0.05) is 5.56 Å². The zero-order valence-electron chi connectivity index (χ0n) is 7.32. The molecule has 1 heterocycles. The molecule has 0 fully saturated rings. The Morgan fingerprint density at radius 3 is 3.14 bits per heavy atom. The highest BCUT2D eigenvalue weighted by Gasteiger charge is 2.03. The molecule has 0 atom stereocenters. The minimum atomic E-state index is -0.156. The van der Waals surface area contributed by atoms with Crippen molar-refractivity contribution >= 4 is 16.8 Å². The molecule has 0 saturated carbocycles. The van der Waals surface area contributed by atoms with E-state index < -0.39 is 0 Å². The number of fused-ring (bicyclic) bond motifs is 1. The van der Waals surface area contributed by atoms with Crippen molar-refractivity contribution in [3.63, 3.8) is 0 Å². The third-order valence-electron chi connectivity index (χ3n) is 1.81. The molecule has 1 aromatic carbocycles. The highest BCUT2D eigenvalue weighted by Crippen LogP contribution is 2.20. The van der Waals surface area contributed by atoms with Crippen molar-refractivity contribution in [3.8, 4) is 11.8 Å². The van der Waals surface area contributed by atoms with Crippen molar-refractivity contribution in [2.45, 2.75) is 0 Å². The topological polar surface area (TPSA) is 72.3 Å². The molecule has 4 nitrogen and oxygen atoms in total. The van der Waals surface area contributed by atoms with Crippen LogP contribution in [0.2, 0.25) is 0 Å². The summed E-state index contributed by atoms with van der Waals surface area (Å²) < 4.78 is 4.94. The lowest BCUT2D eigenvalue weighted by molar-refractivity contribution is 0.350. The summed E-state index contributed by atoms with van der Waals surface area (Å²) in [5.41, 5.74) is 6.99. The van der Waals surface area contributed by atoms with Gasteiger partial charge in [-0.2, -0.15) is 0 Å². The average Bonchev–Trinajstić information content (AvgIpc) is 2.57. The highest BCUT2D eigenvalue weighted by atomic mass is 16.5. The molecule has 2 aromatic rings. The molecule has 0 aliphatic carbocycles. The number of hydrogen-bond donors (Lipinski definition) is 2. The number of anilines is 1. The largest absolute Gasteiger partial charge is 0.384 e. The van der Waals surface area contributed by atoms with Crippen LogP contribution in [0, 0.1) is 11.8 Å². The molecule has 0 amide bonds. The summed E-state index contributed by atoms with van der Waals surface area (Å²) in [6.45, 7) is -0.156. The zero-order valence-corrected chi connectivity index (χ0v) is 7.32. The molecule has 1 aromatic heterocycles. The number of nitrogens with two attached hydrogens (primary N) is 1. The van der Waals surface area contributed by atoms with Gasteiger partial charge in [-0.3, -0.25) is 0 Å². The standard InChI is InChI=1S/C10H8N2O2/c11-10-8-6-7(2-1-5-13)3-4-9(8)14-12-10/h3-4,6,13H,5H2,(H2,11,12). The first-order chi connectivity index (χ1) is 6.81. The summed E-state index contributed by atoms with van der Waals surface area (Å²) in [4.78, 5) is 0. The SMILES string of the molecule is Nc1noc2ccc(C#CCO)cc12. The number of nitrogen functional groups attached to an aromatic ring is 1. The Balaban J connectivity index is 2.54. The normalized spacial score (nSPS) is 9.79. The Labute approximate surface area is 80.3 Å². The number of nitrogens with zero attached hydrogens (tertiary/aromatic N) is 1. The van der Waals surface area contributed by atoms with Gasteiger partial charge in [0.25, 0.3) is 0 Å². The molecule has 4 heteroatoms. The molecule has 0 aliphatic heterocycles. The predicted octanol–water partition coefficient (Wildman–Crippen LogP) is 0.754. The Kier molecular flexibility index (Phi) is 2.09. The maximum Gasteiger partial charge on any atom is 0.174 e. The van der Waals surface area contributed by atoms with Crippen LogP contribution in [0.4, 0.5) is 5.82 Å². The van der Waals surface area contributed by atoms with Crippen LogP contribution >= 0.6 is 0 Å². The molecule has 0 aliphatic rings. The van der Waals surface area contributed by atoms with Crippen LogP contribution in [0.5, 0.6) is 0 Å². The Morgan fingerprint density at radius 2 is 2.36 bits per heavy atom. The van der Waals surface area contributed by atoms with Crippen LogP contribution < -0.4 is 5.73 Å². The van der Waals surface area contributed by atoms with E-state index >= 15 is 0 Å². The van der Waals surface area contributed by atoms with Crippen LogP contribution in [0.25, 0.3) is 11.0 Å². The fraction of sp³-hybridized carbons (Fsp3) is 0.100. The van der Waals surface area contributed by atoms with Crippen LogP contribution in [-0.4, -0.2) is 16.9 Å². The maximum absolute atomic E-state index is 8.53. The first kappa shape index (κ1) is 8.60. The van der Waals surface area contributed by atoms with Crippen molar-refractivity contribution in [1.29, 1.82) is 0 Å². The van der Waals surface area contributed by atoms with Crippen molar-refractivity contribution in [3.05, 3.63) is 23.8 Å². The van der Waals surface area contributed by atoms with Crippen LogP contribution in [0.1, 0.15) is 5.56 Å². The van der Waals surface area contributed by atoms with Gasteiger partial charge in [0.15, 0.2) is 11.4 Å². The van der Waals surface area contributed by atoms with E-state index in [-0.39, 0.29) is 6.61 Å². The van der Waals surface area contributed by atoms with E-state index in [0.29, 0.717) is 11.4 Å². The van der Waals surface area contributed by atoms with Gasteiger partial charge in [-0.15, -0.1) is 0 Å². The average molecular weight is 188 g/mol. The van der Waals surface area contributed by atoms with Crippen molar-refractivity contribution in [2.75, 3.05) is 12.3 Å². The number of hydrogen-bond acceptors (Lipinski definition) is 4. The van der Waals surface area contributed by atoms with Gasteiger partial charge in [0.05, 0.1) is 5.39 Å². The minimum Gasteiger partial charge on any atom is -0.384 e. The number of aliphatic hydroxyl groups is 1. The van der Waals surface area contributed by atoms with Crippen molar-refractivity contribution in [2.24, 2.45) is 0 Å². The van der Waals surface area contributed by atoms with Crippen molar-refractivity contribution < 1.29 is 9.63 Å². The third-order valence-corrected chi connectivity index (χ3v) is 1.81. The summed E-state index contributed by atoms with van der Waals surface area (Å²) in [7, 11) is 0. The lowest BCUT2D eigenvalue weighted by Crippen LogP contribution is -1.84. The van der Waals surface area contributed by atoms with Gasteiger partial charge in [-0.05, 0) is 18.2 Å². The van der Waals surface area contributed by atoms with E-state index in [9.17, 15) is 0 Å². The summed E-state index contributed by atoms with van der Waals surface area (Å²) >= 11 is 0. The lowest BCUT2D eigenvalue weighted by atomic mass is 10.1. The van der Waals surface area contributed by atoms with Crippen LogP contribution in [-0.2, 0) is 0 Å². The van der Waals surface area contributed by atoms with E-state index in [1.165, 1.54) is 0 Å². The highest BCUT2D eigenvalue weighted by molar-refractivity contribution is 5.87. The second-order valence-corrected chi connectivity index (χ2v) is 2.74. The third kappa shape index (κ3) is 1.41. The van der Waals surface area contributed by atoms with E-state index in [2.05, 4.69) is 17.0 Å². The van der Waals surface area contributed by atoms with Crippen molar-refractivity contribution in [1.82, 2.24) is 5.16 Å². The van der Waals surface area contributed by atoms with E-state index in [1.807, 2.05) is 0 Å². The Morgan fingerprint density at radius 1 is 1.50 bits per heavy atom. The quantitative estimate of drug-likeness (QED) is 0.598. The molecular formula is C10H8N2O2. The summed E-state index contributed by atoms with van der Waals surface area (Å²) in [5.74, 6) is 5.69. The van der Waals surface area contributed by atoms with Gasteiger partial charge in [0.2, 0.25) is 0 Å². The van der Waals surface area contributed by atoms with Gasteiger partial charge >= 0.3 is 0 Å². The summed E-state index contributed by atoms with van der Waals surface area (Å²) in [5, 5.41) is 12.9. The molecule has 0 spiro atoms. The second kappa shape index (κ2) is 3.40. The second-order valence-electron chi connectivity index (χ2n) is 2.74. The predicted molar refractivity (Wildman–Crippen MR) is 52.4 cm³/mol. The molecule has 0 saturated heterocycles. The number of benzene rings is 1. The number of aromatic nitrogens is 1. The molecule has 14 heavy (non-hydrogen) atoms. The molecule has 2 rings (SSSR count). The molecule has 0 radical (unpaired) electrons. The monoisotopic (exact) mass is 188 g/mol. The van der Waals surface area contributed by atoms with Gasteiger partial charge in [-0.25, -0.2) is 0 Å². The van der Waals surface area contributed by atoms with E-state index in [0.717, 1.165) is 10.9 Å². The fourth-order valence-corrected chi connectivity index (χ4v) is 1.18. The maximum atomic E-state index is 8.53. The Bertz CT molecular complexity index is 520. The molecule has 0 bridgehead atoms. The van der Waals surface area contributed by atoms with E-state index in [1.54, 1.807) is 18.2 Å².